The Bertz CT molecular complexity index is 690. The van der Waals surface area contributed by atoms with Crippen molar-refractivity contribution in [2.75, 3.05) is 7.11 Å². The van der Waals surface area contributed by atoms with E-state index in [1.165, 1.54) is 25.4 Å². The molecule has 0 saturated carbocycles. The molecule has 4 nitrogen and oxygen atoms in total. The first-order valence-corrected chi connectivity index (χ1v) is 5.81. The van der Waals surface area contributed by atoms with Gasteiger partial charge < -0.3 is 10.5 Å². The highest BCUT2D eigenvalue weighted by molar-refractivity contribution is 5.95. The molecule has 0 amide bonds. The molecule has 0 aliphatic rings. The molecule has 0 unspecified atom stereocenters. The van der Waals surface area contributed by atoms with Crippen molar-refractivity contribution in [2.45, 2.75) is 0 Å². The van der Waals surface area contributed by atoms with E-state index >= 15 is 0 Å². The zero-order valence-corrected chi connectivity index (χ0v) is 10.8. The topological polar surface area (TPSA) is 71.9 Å². The number of aromatic nitrogens is 1. The quantitative estimate of drug-likeness (QED) is 0.869. The summed E-state index contributed by atoms with van der Waals surface area (Å²) >= 11 is 0. The van der Waals surface area contributed by atoms with E-state index < -0.39 is 5.82 Å². The van der Waals surface area contributed by atoms with E-state index in [9.17, 15) is 9.65 Å². The van der Waals surface area contributed by atoms with Crippen LogP contribution >= 0.6 is 0 Å². The molecule has 0 spiro atoms. The van der Waals surface area contributed by atoms with Crippen molar-refractivity contribution >= 4 is 11.3 Å². The van der Waals surface area contributed by atoms with Gasteiger partial charge in [0, 0.05) is 29.6 Å². The van der Waals surface area contributed by atoms with Gasteiger partial charge in [-0.25, -0.2) is 4.39 Å². The maximum atomic E-state index is 14.0. The predicted octanol–water partition coefficient (Wildman–Crippen LogP) is 2.58. The van der Waals surface area contributed by atoms with Gasteiger partial charge in [-0.3, -0.25) is 4.98 Å². The van der Waals surface area contributed by atoms with Crippen molar-refractivity contribution < 1.29 is 9.13 Å². The van der Waals surface area contributed by atoms with E-state index in [0.29, 0.717) is 11.3 Å². The molecular weight excluding hydrogens is 257 g/mol. The van der Waals surface area contributed by atoms with Gasteiger partial charge in [-0.1, -0.05) is 6.07 Å². The minimum atomic E-state index is -0.543. The smallest absolute Gasteiger partial charge is 0.136 e. The normalized spacial score (nSPS) is 11.4. The summed E-state index contributed by atoms with van der Waals surface area (Å²) in [5.41, 5.74) is 6.88. The second-order valence-corrected chi connectivity index (χ2v) is 3.99. The molecule has 100 valence electrons. The molecule has 2 rings (SSSR count). The van der Waals surface area contributed by atoms with Gasteiger partial charge in [0.05, 0.1) is 18.4 Å². The Kier molecular flexibility index (Phi) is 3.96. The Morgan fingerprint density at radius 1 is 1.40 bits per heavy atom. The van der Waals surface area contributed by atoms with E-state index in [4.69, 9.17) is 10.5 Å². The van der Waals surface area contributed by atoms with Gasteiger partial charge in [-0.15, -0.1) is 0 Å². The number of methoxy groups -OCH3 is 1. The molecule has 5 heteroatoms. The van der Waals surface area contributed by atoms with E-state index in [0.717, 1.165) is 0 Å². The van der Waals surface area contributed by atoms with Crippen LogP contribution in [0.3, 0.4) is 0 Å². The number of benzene rings is 1. The van der Waals surface area contributed by atoms with E-state index in [2.05, 4.69) is 4.98 Å². The first-order valence-electron chi connectivity index (χ1n) is 5.81. The molecule has 1 aromatic carbocycles. The number of allylic oxidation sites excluding steroid dienone is 1. The van der Waals surface area contributed by atoms with Gasteiger partial charge in [0.25, 0.3) is 0 Å². The average Bonchev–Trinajstić information content (AvgIpc) is 2.48. The van der Waals surface area contributed by atoms with E-state index in [-0.39, 0.29) is 16.8 Å². The molecule has 1 heterocycles. The molecular formula is C15H12FN3O. The number of hydrogen-bond acceptors (Lipinski definition) is 4. The molecule has 1 aromatic heterocycles. The highest BCUT2D eigenvalue weighted by Gasteiger charge is 2.13. The number of pyridine rings is 1. The lowest BCUT2D eigenvalue weighted by Crippen LogP contribution is -2.03. The minimum Gasteiger partial charge on any atom is -0.497 e. The molecule has 0 aliphatic carbocycles. The number of ether oxygens (including phenoxy) is 1. The summed E-state index contributed by atoms with van der Waals surface area (Å²) in [4.78, 5) is 3.92. The Balaban J connectivity index is 2.55. The van der Waals surface area contributed by atoms with Crippen molar-refractivity contribution in [3.63, 3.8) is 0 Å². The number of halogens is 1. The van der Waals surface area contributed by atoms with E-state index in [1.807, 2.05) is 6.07 Å². The fourth-order valence-electron chi connectivity index (χ4n) is 1.77. The summed E-state index contributed by atoms with van der Waals surface area (Å²) < 4.78 is 18.9. The summed E-state index contributed by atoms with van der Waals surface area (Å²) in [5, 5.41) is 9.24. The van der Waals surface area contributed by atoms with E-state index in [1.54, 1.807) is 24.4 Å². The molecule has 0 atom stereocenters. The van der Waals surface area contributed by atoms with Crippen molar-refractivity contribution in [2.24, 2.45) is 5.73 Å². The third-order valence-corrected chi connectivity index (χ3v) is 2.80. The highest BCUT2D eigenvalue weighted by atomic mass is 19.1. The SMILES string of the molecule is COc1ccc(/C(N)=C(/C#N)c2cccnc2)c(F)c1. The fraction of sp³-hybridized carbons (Fsp3) is 0.0667. The summed E-state index contributed by atoms with van der Waals surface area (Å²) in [5.74, 6) is -0.155. The van der Waals surface area contributed by atoms with Crippen LogP contribution in [0.25, 0.3) is 11.3 Å². The van der Waals surface area contributed by atoms with Crippen molar-refractivity contribution in [3.8, 4) is 11.8 Å². The number of nitriles is 1. The van der Waals surface area contributed by atoms with Crippen molar-refractivity contribution in [3.05, 3.63) is 59.7 Å². The minimum absolute atomic E-state index is 0.0700. The van der Waals surface area contributed by atoms with Crippen LogP contribution < -0.4 is 10.5 Å². The molecule has 0 fully saturated rings. The summed E-state index contributed by atoms with van der Waals surface area (Å²) in [6.07, 6.45) is 3.09. The number of nitrogens with zero attached hydrogens (tertiary/aromatic N) is 2. The molecule has 0 aliphatic heterocycles. The van der Waals surface area contributed by atoms with Gasteiger partial charge in [0.15, 0.2) is 0 Å². The Morgan fingerprint density at radius 3 is 2.75 bits per heavy atom. The summed E-state index contributed by atoms with van der Waals surface area (Å²) in [6.45, 7) is 0. The third-order valence-electron chi connectivity index (χ3n) is 2.80. The zero-order valence-electron chi connectivity index (χ0n) is 10.8. The first-order chi connectivity index (χ1) is 9.67. The van der Waals surface area contributed by atoms with Crippen LogP contribution in [0.1, 0.15) is 11.1 Å². The van der Waals surface area contributed by atoms with Gasteiger partial charge in [-0.05, 0) is 18.2 Å². The van der Waals surface area contributed by atoms with Crippen LogP contribution in [0.15, 0.2) is 42.7 Å². The fourth-order valence-corrected chi connectivity index (χ4v) is 1.77. The Hall–Kier alpha value is -2.87. The molecule has 0 saturated heterocycles. The van der Waals surface area contributed by atoms with Crippen LogP contribution in [0.2, 0.25) is 0 Å². The maximum absolute atomic E-state index is 14.0. The first kappa shape index (κ1) is 13.6. The molecule has 2 aromatic rings. The zero-order chi connectivity index (χ0) is 14.5. The second-order valence-electron chi connectivity index (χ2n) is 3.99. The Labute approximate surface area is 115 Å². The van der Waals surface area contributed by atoms with Gasteiger partial charge in [0.1, 0.15) is 17.6 Å². The second kappa shape index (κ2) is 5.85. The van der Waals surface area contributed by atoms with Crippen molar-refractivity contribution in [1.82, 2.24) is 4.98 Å². The lowest BCUT2D eigenvalue weighted by Gasteiger charge is -2.08. The van der Waals surface area contributed by atoms with Crippen LogP contribution in [0.5, 0.6) is 5.75 Å². The lowest BCUT2D eigenvalue weighted by atomic mass is 10.0. The monoisotopic (exact) mass is 269 g/mol. The number of hydrogen-bond donors (Lipinski definition) is 1. The third kappa shape index (κ3) is 2.59. The number of nitrogens with two attached hydrogens (primary N) is 1. The lowest BCUT2D eigenvalue weighted by molar-refractivity contribution is 0.411. The molecule has 0 bridgehead atoms. The molecule has 0 radical (unpaired) electrons. The predicted molar refractivity (Wildman–Crippen MR) is 73.8 cm³/mol. The van der Waals surface area contributed by atoms with Crippen LogP contribution in [0.4, 0.5) is 4.39 Å². The van der Waals surface area contributed by atoms with Gasteiger partial charge in [-0.2, -0.15) is 5.26 Å². The van der Waals surface area contributed by atoms with Crippen LogP contribution in [-0.2, 0) is 0 Å². The molecule has 20 heavy (non-hydrogen) atoms. The summed E-state index contributed by atoms with van der Waals surface area (Å²) in [7, 11) is 1.45. The van der Waals surface area contributed by atoms with Gasteiger partial charge >= 0.3 is 0 Å². The van der Waals surface area contributed by atoms with Crippen molar-refractivity contribution in [1.29, 1.82) is 5.26 Å². The largest absolute Gasteiger partial charge is 0.497 e. The maximum Gasteiger partial charge on any atom is 0.136 e. The standard InChI is InChI=1S/C15H12FN3O/c1-20-11-4-5-12(14(16)7-11)15(18)13(8-17)10-3-2-6-19-9-10/h2-7,9H,18H2,1H3/b15-13+. The molecule has 2 N–H and O–H groups in total. The summed E-state index contributed by atoms with van der Waals surface area (Å²) in [6, 6.07) is 9.66. The number of rotatable bonds is 3. The van der Waals surface area contributed by atoms with Gasteiger partial charge in [0.2, 0.25) is 0 Å². The average molecular weight is 269 g/mol. The van der Waals surface area contributed by atoms with Crippen LogP contribution in [0, 0.1) is 17.1 Å². The van der Waals surface area contributed by atoms with Crippen LogP contribution in [-0.4, -0.2) is 12.1 Å². The Morgan fingerprint density at radius 2 is 2.20 bits per heavy atom. The highest BCUT2D eigenvalue weighted by Crippen LogP contribution is 2.25.